The predicted octanol–water partition coefficient (Wildman–Crippen LogP) is 2.80. The van der Waals surface area contributed by atoms with Crippen molar-refractivity contribution in [3.05, 3.63) is 24.3 Å². The highest BCUT2D eigenvalue weighted by Gasteiger charge is 2.24. The Morgan fingerprint density at radius 2 is 2.04 bits per heavy atom. The van der Waals surface area contributed by atoms with Gasteiger partial charge in [-0.3, -0.25) is 4.90 Å². The van der Waals surface area contributed by atoms with Crippen molar-refractivity contribution in [2.75, 3.05) is 51.8 Å². The first kappa shape index (κ1) is 18.0. The Kier molecular flexibility index (Phi) is 6.53. The fraction of sp³-hybridized carbons (Fsp3) is 0.632. The molecule has 1 unspecified atom stereocenters. The van der Waals surface area contributed by atoms with Crippen LogP contribution in [0.1, 0.15) is 25.7 Å². The summed E-state index contributed by atoms with van der Waals surface area (Å²) in [6.45, 7) is 5.41. The Labute approximate surface area is 150 Å². The average Bonchev–Trinajstić information content (AvgIpc) is 3.18. The number of anilines is 1. The molecule has 0 saturated carbocycles. The topological polar surface area (TPSA) is 54.0 Å². The van der Waals surface area contributed by atoms with Gasteiger partial charge < -0.3 is 19.7 Å². The fourth-order valence-electron chi connectivity index (χ4n) is 3.32. The van der Waals surface area contributed by atoms with Crippen LogP contribution in [0.15, 0.2) is 24.3 Å². The minimum Gasteiger partial charge on any atom is -0.492 e. The predicted molar refractivity (Wildman–Crippen MR) is 98.2 cm³/mol. The van der Waals surface area contributed by atoms with E-state index in [4.69, 9.17) is 9.47 Å². The number of amides is 2. The number of likely N-dealkylation sites (tertiary alicyclic amines) is 1. The van der Waals surface area contributed by atoms with E-state index in [1.165, 1.54) is 32.4 Å². The summed E-state index contributed by atoms with van der Waals surface area (Å²) >= 11 is 0. The van der Waals surface area contributed by atoms with Gasteiger partial charge in [-0.1, -0.05) is 6.42 Å². The Hall–Kier alpha value is -1.79. The van der Waals surface area contributed by atoms with Crippen LogP contribution in [0.3, 0.4) is 0 Å². The maximum atomic E-state index is 12.3. The van der Waals surface area contributed by atoms with Gasteiger partial charge in [0.2, 0.25) is 0 Å². The number of carbonyl (C=O) groups excluding carboxylic acids is 1. The number of nitrogens with one attached hydrogen (secondary N) is 1. The number of nitrogens with zero attached hydrogens (tertiary/aromatic N) is 2. The summed E-state index contributed by atoms with van der Waals surface area (Å²) in [5.74, 6) is 0.840. The van der Waals surface area contributed by atoms with E-state index in [1.54, 1.807) is 4.90 Å². The van der Waals surface area contributed by atoms with Gasteiger partial charge in [0.05, 0.1) is 12.6 Å². The van der Waals surface area contributed by atoms with Crippen LogP contribution in [-0.4, -0.2) is 68.4 Å². The van der Waals surface area contributed by atoms with Crippen LogP contribution in [0, 0.1) is 0 Å². The van der Waals surface area contributed by atoms with Crippen molar-refractivity contribution in [3.63, 3.8) is 0 Å². The maximum absolute atomic E-state index is 12.3. The maximum Gasteiger partial charge on any atom is 0.321 e. The average molecular weight is 347 g/mol. The van der Waals surface area contributed by atoms with Crippen molar-refractivity contribution < 1.29 is 14.3 Å². The molecule has 0 bridgehead atoms. The van der Waals surface area contributed by atoms with E-state index in [0.29, 0.717) is 13.2 Å². The monoisotopic (exact) mass is 347 g/mol. The molecule has 2 aliphatic rings. The highest BCUT2D eigenvalue weighted by molar-refractivity contribution is 5.89. The SMILES string of the molecule is CN(C(=O)Nc1ccc(OCCN2CCCCC2)cc1)C1CCOC1. The van der Waals surface area contributed by atoms with Gasteiger partial charge in [-0.2, -0.15) is 0 Å². The standard InChI is InChI=1S/C19H29N3O3/c1-21(17-9-13-24-15-17)19(23)20-16-5-7-18(8-6-16)25-14-12-22-10-3-2-4-11-22/h5-8,17H,2-4,9-15H2,1H3,(H,20,23). The molecule has 6 heteroatoms. The van der Waals surface area contributed by atoms with Crippen LogP contribution in [0.4, 0.5) is 10.5 Å². The lowest BCUT2D eigenvalue weighted by molar-refractivity contribution is 0.164. The van der Waals surface area contributed by atoms with E-state index in [9.17, 15) is 4.79 Å². The van der Waals surface area contributed by atoms with E-state index in [0.717, 1.165) is 31.0 Å². The third-order valence-corrected chi connectivity index (χ3v) is 5.00. The second-order valence-electron chi connectivity index (χ2n) is 6.83. The van der Waals surface area contributed by atoms with Gasteiger partial charge in [-0.05, 0) is 56.6 Å². The molecule has 1 N–H and O–H groups in total. The minimum atomic E-state index is -0.103. The molecule has 0 radical (unpaired) electrons. The zero-order valence-electron chi connectivity index (χ0n) is 15.1. The number of piperidine rings is 1. The third kappa shape index (κ3) is 5.34. The van der Waals surface area contributed by atoms with Crippen molar-refractivity contribution in [2.45, 2.75) is 31.7 Å². The Morgan fingerprint density at radius 3 is 2.72 bits per heavy atom. The number of urea groups is 1. The summed E-state index contributed by atoms with van der Waals surface area (Å²) in [6, 6.07) is 7.64. The highest BCUT2D eigenvalue weighted by atomic mass is 16.5. The van der Waals surface area contributed by atoms with Crippen LogP contribution in [-0.2, 0) is 4.74 Å². The summed E-state index contributed by atoms with van der Waals surface area (Å²) in [5, 5.41) is 2.92. The molecular formula is C19H29N3O3. The van der Waals surface area contributed by atoms with Crippen LogP contribution < -0.4 is 10.1 Å². The van der Waals surface area contributed by atoms with Gasteiger partial charge in [0.15, 0.2) is 0 Å². The largest absolute Gasteiger partial charge is 0.492 e. The van der Waals surface area contributed by atoms with Crippen molar-refractivity contribution in [1.82, 2.24) is 9.80 Å². The summed E-state index contributed by atoms with van der Waals surface area (Å²) in [5.41, 5.74) is 0.777. The number of benzene rings is 1. The van der Waals surface area contributed by atoms with Crippen LogP contribution >= 0.6 is 0 Å². The normalized spacial score (nSPS) is 21.1. The summed E-state index contributed by atoms with van der Waals surface area (Å²) < 4.78 is 11.2. The van der Waals surface area contributed by atoms with Gasteiger partial charge in [-0.15, -0.1) is 0 Å². The van der Waals surface area contributed by atoms with E-state index >= 15 is 0 Å². The molecular weight excluding hydrogens is 318 g/mol. The third-order valence-electron chi connectivity index (χ3n) is 5.00. The lowest BCUT2D eigenvalue weighted by atomic mass is 10.1. The van der Waals surface area contributed by atoms with E-state index < -0.39 is 0 Å². The van der Waals surface area contributed by atoms with E-state index in [2.05, 4.69) is 10.2 Å². The smallest absolute Gasteiger partial charge is 0.321 e. The van der Waals surface area contributed by atoms with Gasteiger partial charge in [0.25, 0.3) is 0 Å². The van der Waals surface area contributed by atoms with Gasteiger partial charge in [0.1, 0.15) is 12.4 Å². The summed E-state index contributed by atoms with van der Waals surface area (Å²) in [4.78, 5) is 16.4. The molecule has 2 heterocycles. The molecule has 6 nitrogen and oxygen atoms in total. The first-order valence-electron chi connectivity index (χ1n) is 9.29. The van der Waals surface area contributed by atoms with Crippen LogP contribution in [0.5, 0.6) is 5.75 Å². The Morgan fingerprint density at radius 1 is 1.28 bits per heavy atom. The second kappa shape index (κ2) is 9.06. The Balaban J connectivity index is 1.41. The zero-order chi connectivity index (χ0) is 17.5. The first-order valence-corrected chi connectivity index (χ1v) is 9.29. The fourth-order valence-corrected chi connectivity index (χ4v) is 3.32. The molecule has 138 valence electrons. The molecule has 2 amide bonds. The molecule has 25 heavy (non-hydrogen) atoms. The van der Waals surface area contributed by atoms with Crippen molar-refractivity contribution in [1.29, 1.82) is 0 Å². The lowest BCUT2D eigenvalue weighted by Crippen LogP contribution is -2.40. The Bertz CT molecular complexity index is 537. The summed E-state index contributed by atoms with van der Waals surface area (Å²) in [7, 11) is 1.81. The quantitative estimate of drug-likeness (QED) is 0.860. The zero-order valence-corrected chi connectivity index (χ0v) is 15.1. The number of ether oxygens (including phenoxy) is 2. The number of rotatable bonds is 6. The molecule has 2 saturated heterocycles. The number of hydrogen-bond acceptors (Lipinski definition) is 4. The van der Waals surface area contributed by atoms with E-state index in [1.807, 2.05) is 31.3 Å². The number of likely N-dealkylation sites (N-methyl/N-ethyl adjacent to an activating group) is 1. The molecule has 1 atom stereocenters. The molecule has 0 aromatic heterocycles. The van der Waals surface area contributed by atoms with Gasteiger partial charge in [0, 0.05) is 25.9 Å². The second-order valence-corrected chi connectivity index (χ2v) is 6.83. The first-order chi connectivity index (χ1) is 12.2. The number of hydrogen-bond donors (Lipinski definition) is 1. The van der Waals surface area contributed by atoms with E-state index in [-0.39, 0.29) is 12.1 Å². The number of carbonyl (C=O) groups is 1. The molecule has 3 rings (SSSR count). The van der Waals surface area contributed by atoms with Crippen LogP contribution in [0.2, 0.25) is 0 Å². The lowest BCUT2D eigenvalue weighted by Gasteiger charge is -2.26. The van der Waals surface area contributed by atoms with Crippen molar-refractivity contribution in [2.24, 2.45) is 0 Å². The van der Waals surface area contributed by atoms with Gasteiger partial charge >= 0.3 is 6.03 Å². The van der Waals surface area contributed by atoms with Gasteiger partial charge in [-0.25, -0.2) is 4.79 Å². The van der Waals surface area contributed by atoms with Crippen molar-refractivity contribution >= 4 is 11.7 Å². The van der Waals surface area contributed by atoms with Crippen LogP contribution in [0.25, 0.3) is 0 Å². The summed E-state index contributed by atoms with van der Waals surface area (Å²) in [6.07, 6.45) is 4.85. The minimum absolute atomic E-state index is 0.103. The molecule has 2 aliphatic heterocycles. The van der Waals surface area contributed by atoms with Crippen molar-refractivity contribution in [3.8, 4) is 5.75 Å². The molecule has 0 aliphatic carbocycles. The highest BCUT2D eigenvalue weighted by Crippen LogP contribution is 2.18. The molecule has 1 aromatic carbocycles. The molecule has 1 aromatic rings. The molecule has 0 spiro atoms. The molecule has 2 fully saturated rings.